The van der Waals surface area contributed by atoms with Crippen LogP contribution in [-0.2, 0) is 4.79 Å². The van der Waals surface area contributed by atoms with Gasteiger partial charge < -0.3 is 21.1 Å². The standard InChI is InChI=1S/C23H22F2N4O3/c1-12-6-17(28-22(31)20(30)13-7-15(24)10-16(25)8-13)4-5-18(12)14-9-19(21(26)27-11-14)23(32)29(2)3/h4-11,20,30H,1-3H3,(H2,26,27)(H,28,31). The molecule has 2 aromatic carbocycles. The van der Waals surface area contributed by atoms with Crippen LogP contribution >= 0.6 is 0 Å². The Labute approximate surface area is 183 Å². The number of hydrogen-bond acceptors (Lipinski definition) is 5. The van der Waals surface area contributed by atoms with E-state index in [0.717, 1.165) is 23.3 Å². The monoisotopic (exact) mass is 440 g/mol. The van der Waals surface area contributed by atoms with Gasteiger partial charge in [0.1, 0.15) is 17.5 Å². The number of rotatable bonds is 5. The Hall–Kier alpha value is -3.85. The maximum Gasteiger partial charge on any atom is 0.257 e. The highest BCUT2D eigenvalue weighted by Crippen LogP contribution is 2.28. The summed E-state index contributed by atoms with van der Waals surface area (Å²) in [5, 5.41) is 12.7. The molecule has 1 unspecified atom stereocenters. The van der Waals surface area contributed by atoms with Gasteiger partial charge in [0, 0.05) is 37.6 Å². The number of nitrogens with one attached hydrogen (secondary N) is 1. The summed E-state index contributed by atoms with van der Waals surface area (Å²) in [7, 11) is 3.23. The van der Waals surface area contributed by atoms with Crippen LogP contribution in [0.3, 0.4) is 0 Å². The van der Waals surface area contributed by atoms with Gasteiger partial charge in [0.2, 0.25) is 0 Å². The second kappa shape index (κ2) is 9.11. The Balaban J connectivity index is 1.83. The number of pyridine rings is 1. The SMILES string of the molecule is Cc1cc(NC(=O)C(O)c2cc(F)cc(F)c2)ccc1-c1cnc(N)c(C(=O)N(C)C)c1. The van der Waals surface area contributed by atoms with Crippen molar-refractivity contribution in [1.29, 1.82) is 0 Å². The van der Waals surface area contributed by atoms with Crippen molar-refractivity contribution in [2.24, 2.45) is 0 Å². The van der Waals surface area contributed by atoms with Gasteiger partial charge in [-0.3, -0.25) is 9.59 Å². The average Bonchev–Trinajstić information content (AvgIpc) is 2.72. The molecule has 0 aliphatic heterocycles. The van der Waals surface area contributed by atoms with Gasteiger partial charge in [-0.2, -0.15) is 0 Å². The molecule has 3 aromatic rings. The van der Waals surface area contributed by atoms with Crippen LogP contribution in [0.5, 0.6) is 0 Å². The number of hydrogen-bond donors (Lipinski definition) is 3. The molecule has 2 amide bonds. The van der Waals surface area contributed by atoms with Gasteiger partial charge in [-0.15, -0.1) is 0 Å². The summed E-state index contributed by atoms with van der Waals surface area (Å²) in [6, 6.07) is 9.06. The number of anilines is 2. The maximum absolute atomic E-state index is 13.4. The first kappa shape index (κ1) is 22.8. The third-order valence-electron chi connectivity index (χ3n) is 4.81. The third kappa shape index (κ3) is 4.89. The van der Waals surface area contributed by atoms with Gasteiger partial charge in [0.05, 0.1) is 5.56 Å². The molecule has 0 radical (unpaired) electrons. The number of nitrogens with zero attached hydrogens (tertiary/aromatic N) is 2. The van der Waals surface area contributed by atoms with Crippen LogP contribution < -0.4 is 11.1 Å². The number of carbonyl (C=O) groups is 2. The number of amides is 2. The zero-order valence-corrected chi connectivity index (χ0v) is 17.7. The van der Waals surface area contributed by atoms with Crippen LogP contribution in [0, 0.1) is 18.6 Å². The third-order valence-corrected chi connectivity index (χ3v) is 4.81. The molecule has 0 fully saturated rings. The molecule has 3 rings (SSSR count). The Morgan fingerprint density at radius 2 is 1.75 bits per heavy atom. The van der Waals surface area contributed by atoms with Crippen molar-refractivity contribution in [3.63, 3.8) is 0 Å². The van der Waals surface area contributed by atoms with Crippen LogP contribution in [0.2, 0.25) is 0 Å². The van der Waals surface area contributed by atoms with Gasteiger partial charge >= 0.3 is 0 Å². The molecule has 1 aromatic heterocycles. The second-order valence-corrected chi connectivity index (χ2v) is 7.48. The molecule has 0 spiro atoms. The minimum atomic E-state index is -1.75. The maximum atomic E-state index is 13.4. The van der Waals surface area contributed by atoms with Crippen molar-refractivity contribution in [3.05, 3.63) is 77.0 Å². The lowest BCUT2D eigenvalue weighted by atomic mass is 9.99. The predicted octanol–water partition coefficient (Wildman–Crippen LogP) is 3.29. The summed E-state index contributed by atoms with van der Waals surface area (Å²) >= 11 is 0. The molecule has 4 N–H and O–H groups in total. The molecule has 0 aliphatic carbocycles. The highest BCUT2D eigenvalue weighted by molar-refractivity contribution is 5.99. The Bertz CT molecular complexity index is 1180. The molecular formula is C23H22F2N4O3. The molecule has 32 heavy (non-hydrogen) atoms. The minimum absolute atomic E-state index is 0.122. The van der Waals surface area contributed by atoms with Gasteiger partial charge in [0.25, 0.3) is 11.8 Å². The van der Waals surface area contributed by atoms with Crippen LogP contribution in [-0.4, -0.2) is 40.9 Å². The van der Waals surface area contributed by atoms with E-state index in [2.05, 4.69) is 10.3 Å². The van der Waals surface area contributed by atoms with Crippen molar-refractivity contribution in [2.45, 2.75) is 13.0 Å². The highest BCUT2D eigenvalue weighted by Gasteiger charge is 2.20. The number of aliphatic hydroxyl groups is 1. The van der Waals surface area contributed by atoms with E-state index in [1.165, 1.54) is 4.90 Å². The molecule has 0 bridgehead atoms. The Morgan fingerprint density at radius 1 is 1.09 bits per heavy atom. The predicted molar refractivity (Wildman–Crippen MR) is 117 cm³/mol. The Kier molecular flexibility index (Phi) is 6.50. The van der Waals surface area contributed by atoms with Crippen molar-refractivity contribution in [2.75, 3.05) is 25.1 Å². The molecule has 0 saturated carbocycles. The lowest BCUT2D eigenvalue weighted by Crippen LogP contribution is -2.23. The molecule has 1 heterocycles. The second-order valence-electron chi connectivity index (χ2n) is 7.48. The zero-order valence-electron chi connectivity index (χ0n) is 17.7. The number of aryl methyl sites for hydroxylation is 1. The lowest BCUT2D eigenvalue weighted by Gasteiger charge is -2.15. The van der Waals surface area contributed by atoms with Crippen molar-refractivity contribution < 1.29 is 23.5 Å². The average molecular weight is 440 g/mol. The molecule has 1 atom stereocenters. The number of halogens is 2. The fraction of sp³-hybridized carbons (Fsp3) is 0.174. The summed E-state index contributed by atoms with van der Waals surface area (Å²) in [6.45, 7) is 1.80. The largest absolute Gasteiger partial charge is 0.383 e. The highest BCUT2D eigenvalue weighted by atomic mass is 19.1. The van der Waals surface area contributed by atoms with E-state index < -0.39 is 23.6 Å². The van der Waals surface area contributed by atoms with E-state index in [-0.39, 0.29) is 22.9 Å². The summed E-state index contributed by atoms with van der Waals surface area (Å²) in [4.78, 5) is 30.2. The van der Waals surface area contributed by atoms with Gasteiger partial charge in [-0.1, -0.05) is 6.07 Å². The molecule has 9 heteroatoms. The van der Waals surface area contributed by atoms with E-state index >= 15 is 0 Å². The van der Waals surface area contributed by atoms with Crippen LogP contribution in [0.15, 0.2) is 48.7 Å². The Morgan fingerprint density at radius 3 is 2.34 bits per heavy atom. The van der Waals surface area contributed by atoms with E-state index in [0.29, 0.717) is 17.3 Å². The van der Waals surface area contributed by atoms with E-state index in [1.54, 1.807) is 51.5 Å². The quantitative estimate of drug-likeness (QED) is 0.564. The minimum Gasteiger partial charge on any atom is -0.383 e. The number of nitrogens with two attached hydrogens (primary N) is 1. The summed E-state index contributed by atoms with van der Waals surface area (Å²) < 4.78 is 26.7. The fourth-order valence-corrected chi connectivity index (χ4v) is 3.20. The molecule has 166 valence electrons. The number of nitrogen functional groups attached to an aromatic ring is 1. The zero-order chi connectivity index (χ0) is 23.6. The summed E-state index contributed by atoms with van der Waals surface area (Å²) in [5.41, 5.74) is 8.47. The van der Waals surface area contributed by atoms with Crippen LogP contribution in [0.1, 0.15) is 27.6 Å². The first-order valence-electron chi connectivity index (χ1n) is 9.60. The van der Waals surface area contributed by atoms with Gasteiger partial charge in [-0.05, 0) is 53.9 Å². The lowest BCUT2D eigenvalue weighted by molar-refractivity contribution is -0.124. The first-order valence-corrected chi connectivity index (χ1v) is 9.60. The fourth-order valence-electron chi connectivity index (χ4n) is 3.20. The van der Waals surface area contributed by atoms with Crippen molar-refractivity contribution in [1.82, 2.24) is 9.88 Å². The number of aromatic nitrogens is 1. The summed E-state index contributed by atoms with van der Waals surface area (Å²) in [5.74, 6) is -2.78. The first-order chi connectivity index (χ1) is 15.1. The molecule has 0 saturated heterocycles. The van der Waals surface area contributed by atoms with Gasteiger partial charge in [0.15, 0.2) is 6.10 Å². The topological polar surface area (TPSA) is 109 Å². The summed E-state index contributed by atoms with van der Waals surface area (Å²) in [6.07, 6.45) is -0.203. The number of aliphatic hydroxyl groups excluding tert-OH is 1. The van der Waals surface area contributed by atoms with E-state index in [1.807, 2.05) is 0 Å². The molecular weight excluding hydrogens is 418 g/mol. The smallest absolute Gasteiger partial charge is 0.257 e. The van der Waals surface area contributed by atoms with Crippen molar-refractivity contribution >= 4 is 23.3 Å². The van der Waals surface area contributed by atoms with E-state index in [4.69, 9.17) is 5.73 Å². The number of benzene rings is 2. The normalized spacial score (nSPS) is 11.7. The van der Waals surface area contributed by atoms with Gasteiger partial charge in [-0.25, -0.2) is 13.8 Å². The van der Waals surface area contributed by atoms with Crippen molar-refractivity contribution in [3.8, 4) is 11.1 Å². The molecule has 0 aliphatic rings. The van der Waals surface area contributed by atoms with E-state index in [9.17, 15) is 23.5 Å². The number of carbonyl (C=O) groups excluding carboxylic acids is 2. The molecule has 7 nitrogen and oxygen atoms in total. The van der Waals surface area contributed by atoms with Crippen LogP contribution in [0.4, 0.5) is 20.3 Å². The van der Waals surface area contributed by atoms with Crippen LogP contribution in [0.25, 0.3) is 11.1 Å².